The second-order valence-corrected chi connectivity index (χ2v) is 2.70. The summed E-state index contributed by atoms with van der Waals surface area (Å²) in [4.78, 5) is 0. The molecule has 2 heteroatoms. The lowest BCUT2D eigenvalue weighted by atomic mass is 10.1. The van der Waals surface area contributed by atoms with E-state index in [2.05, 4.69) is 13.8 Å². The summed E-state index contributed by atoms with van der Waals surface area (Å²) in [5.74, 6) is 0.171. The van der Waals surface area contributed by atoms with Crippen LogP contribution < -0.4 is 0 Å². The molecule has 1 atom stereocenters. The van der Waals surface area contributed by atoms with Gasteiger partial charge in [0, 0.05) is 0 Å². The second kappa shape index (κ2) is 8.92. The summed E-state index contributed by atoms with van der Waals surface area (Å²) in [6.07, 6.45) is 0.708. The van der Waals surface area contributed by atoms with E-state index >= 15 is 0 Å². The molecule has 0 aromatic carbocycles. The standard InChI is InChI=1S/C5H12O2.C3H8/c1-4(2)5(7)3-6;1-3-2/h4-7H,3H2,1-2H3;3H2,1-2H3. The zero-order valence-corrected chi connectivity index (χ0v) is 7.46. The Kier molecular flexibility index (Phi) is 11.2. The second-order valence-electron chi connectivity index (χ2n) is 2.70. The van der Waals surface area contributed by atoms with Crippen LogP contribution in [0.1, 0.15) is 34.1 Å². The third kappa shape index (κ3) is 10.8. The van der Waals surface area contributed by atoms with Crippen LogP contribution in [-0.4, -0.2) is 22.9 Å². The first-order valence-electron chi connectivity index (χ1n) is 3.88. The van der Waals surface area contributed by atoms with Gasteiger partial charge in [0.05, 0.1) is 12.7 Å². The molecule has 0 saturated heterocycles. The van der Waals surface area contributed by atoms with E-state index in [1.54, 1.807) is 0 Å². The zero-order chi connectivity index (χ0) is 8.57. The van der Waals surface area contributed by atoms with E-state index in [1.165, 1.54) is 6.42 Å². The van der Waals surface area contributed by atoms with Crippen LogP contribution >= 0.6 is 0 Å². The van der Waals surface area contributed by atoms with Crippen LogP contribution in [0.4, 0.5) is 0 Å². The van der Waals surface area contributed by atoms with Gasteiger partial charge in [0.15, 0.2) is 0 Å². The maximum absolute atomic E-state index is 8.69. The van der Waals surface area contributed by atoms with Gasteiger partial charge < -0.3 is 10.2 Å². The molecule has 2 N–H and O–H groups in total. The SMILES string of the molecule is CC(C)C(O)CO.CCC. The summed E-state index contributed by atoms with van der Waals surface area (Å²) in [7, 11) is 0. The van der Waals surface area contributed by atoms with E-state index in [0.717, 1.165) is 0 Å². The molecule has 0 radical (unpaired) electrons. The molecule has 0 fully saturated rings. The lowest BCUT2D eigenvalue weighted by Gasteiger charge is -2.08. The van der Waals surface area contributed by atoms with Crippen molar-refractivity contribution in [2.45, 2.75) is 40.2 Å². The van der Waals surface area contributed by atoms with Crippen molar-refractivity contribution < 1.29 is 10.2 Å². The molecule has 0 saturated carbocycles. The Morgan fingerprint density at radius 2 is 1.50 bits per heavy atom. The molecular formula is C8H20O2. The van der Waals surface area contributed by atoms with E-state index in [4.69, 9.17) is 10.2 Å². The summed E-state index contributed by atoms with van der Waals surface area (Å²) in [5.41, 5.74) is 0. The molecule has 0 aliphatic rings. The molecule has 0 aliphatic heterocycles. The summed E-state index contributed by atoms with van der Waals surface area (Å²) in [6, 6.07) is 0. The third-order valence-electron chi connectivity index (χ3n) is 0.957. The summed E-state index contributed by atoms with van der Waals surface area (Å²) >= 11 is 0. The van der Waals surface area contributed by atoms with Crippen LogP contribution in [0.2, 0.25) is 0 Å². The first kappa shape index (κ1) is 12.6. The van der Waals surface area contributed by atoms with Gasteiger partial charge in [-0.15, -0.1) is 0 Å². The molecule has 0 aliphatic carbocycles. The lowest BCUT2D eigenvalue weighted by molar-refractivity contribution is 0.0597. The highest BCUT2D eigenvalue weighted by atomic mass is 16.3. The molecule has 1 unspecified atom stereocenters. The highest BCUT2D eigenvalue weighted by molar-refractivity contribution is 4.55. The number of hydrogen-bond acceptors (Lipinski definition) is 2. The number of rotatable bonds is 2. The van der Waals surface area contributed by atoms with Crippen molar-refractivity contribution in [3.8, 4) is 0 Å². The predicted molar refractivity (Wildman–Crippen MR) is 43.9 cm³/mol. The minimum Gasteiger partial charge on any atom is -0.394 e. The quantitative estimate of drug-likeness (QED) is 0.621. The van der Waals surface area contributed by atoms with Gasteiger partial charge in [-0.1, -0.05) is 34.1 Å². The first-order chi connectivity index (χ1) is 4.59. The molecule has 0 aromatic rings. The Morgan fingerprint density at radius 3 is 1.50 bits per heavy atom. The summed E-state index contributed by atoms with van der Waals surface area (Å²) in [5, 5.41) is 16.9. The van der Waals surface area contributed by atoms with E-state index in [-0.39, 0.29) is 12.5 Å². The molecule has 0 amide bonds. The van der Waals surface area contributed by atoms with Gasteiger partial charge in [0.2, 0.25) is 0 Å². The Bertz CT molecular complexity index is 53.2. The zero-order valence-electron chi connectivity index (χ0n) is 7.46. The van der Waals surface area contributed by atoms with Gasteiger partial charge in [-0.05, 0) is 5.92 Å². The molecule has 0 rings (SSSR count). The molecule has 0 bridgehead atoms. The lowest BCUT2D eigenvalue weighted by Crippen LogP contribution is -2.18. The van der Waals surface area contributed by atoms with E-state index in [1.807, 2.05) is 13.8 Å². The van der Waals surface area contributed by atoms with Gasteiger partial charge in [-0.25, -0.2) is 0 Å². The topological polar surface area (TPSA) is 40.5 Å². The maximum atomic E-state index is 8.69. The molecule has 0 aromatic heterocycles. The number of aliphatic hydroxyl groups is 2. The van der Waals surface area contributed by atoms with Crippen molar-refractivity contribution in [3.63, 3.8) is 0 Å². The monoisotopic (exact) mass is 148 g/mol. The fourth-order valence-electron chi connectivity index (χ4n) is 0.211. The van der Waals surface area contributed by atoms with E-state index in [0.29, 0.717) is 0 Å². The van der Waals surface area contributed by atoms with Crippen LogP contribution in [0.3, 0.4) is 0 Å². The van der Waals surface area contributed by atoms with Crippen LogP contribution in [0.5, 0.6) is 0 Å². The molecule has 10 heavy (non-hydrogen) atoms. The normalized spacial score (nSPS) is 12.3. The summed E-state index contributed by atoms with van der Waals surface area (Å²) < 4.78 is 0. The Hall–Kier alpha value is -0.0800. The van der Waals surface area contributed by atoms with Crippen molar-refractivity contribution in [3.05, 3.63) is 0 Å². The van der Waals surface area contributed by atoms with Crippen LogP contribution in [0.15, 0.2) is 0 Å². The minimum absolute atomic E-state index is 0.127. The Balaban J connectivity index is 0. The fraction of sp³-hybridized carbons (Fsp3) is 1.00. The van der Waals surface area contributed by atoms with Crippen molar-refractivity contribution in [1.29, 1.82) is 0 Å². The average molecular weight is 148 g/mol. The van der Waals surface area contributed by atoms with Gasteiger partial charge in [0.1, 0.15) is 0 Å². The van der Waals surface area contributed by atoms with Crippen LogP contribution in [0.25, 0.3) is 0 Å². The van der Waals surface area contributed by atoms with Crippen molar-refractivity contribution >= 4 is 0 Å². The van der Waals surface area contributed by atoms with Crippen molar-refractivity contribution in [2.75, 3.05) is 6.61 Å². The smallest absolute Gasteiger partial charge is 0.0793 e. The Morgan fingerprint density at radius 1 is 1.20 bits per heavy atom. The number of aliphatic hydroxyl groups excluding tert-OH is 2. The molecule has 0 spiro atoms. The van der Waals surface area contributed by atoms with Crippen LogP contribution in [-0.2, 0) is 0 Å². The van der Waals surface area contributed by atoms with Gasteiger partial charge in [-0.2, -0.15) is 0 Å². The molecular weight excluding hydrogens is 128 g/mol. The Labute approximate surface area is 63.9 Å². The molecule has 0 heterocycles. The molecule has 64 valence electrons. The highest BCUT2D eigenvalue weighted by Gasteiger charge is 2.04. The average Bonchev–Trinajstić information content (AvgIpc) is 1.88. The highest BCUT2D eigenvalue weighted by Crippen LogP contribution is 1.97. The maximum Gasteiger partial charge on any atom is 0.0793 e. The van der Waals surface area contributed by atoms with Gasteiger partial charge in [-0.3, -0.25) is 0 Å². The minimum atomic E-state index is -0.542. The predicted octanol–water partition coefficient (Wildman–Crippen LogP) is 1.41. The number of hydrogen-bond donors (Lipinski definition) is 2. The van der Waals surface area contributed by atoms with Crippen molar-refractivity contribution in [2.24, 2.45) is 5.92 Å². The third-order valence-corrected chi connectivity index (χ3v) is 0.957. The van der Waals surface area contributed by atoms with E-state index in [9.17, 15) is 0 Å². The van der Waals surface area contributed by atoms with Crippen molar-refractivity contribution in [1.82, 2.24) is 0 Å². The first-order valence-corrected chi connectivity index (χ1v) is 3.88. The van der Waals surface area contributed by atoms with Crippen LogP contribution in [0, 0.1) is 5.92 Å². The fourth-order valence-corrected chi connectivity index (χ4v) is 0.211. The van der Waals surface area contributed by atoms with Gasteiger partial charge in [0.25, 0.3) is 0 Å². The van der Waals surface area contributed by atoms with E-state index < -0.39 is 6.10 Å². The largest absolute Gasteiger partial charge is 0.394 e. The summed E-state index contributed by atoms with van der Waals surface area (Å²) in [6.45, 7) is 7.85. The molecule has 2 nitrogen and oxygen atoms in total. The van der Waals surface area contributed by atoms with Gasteiger partial charge >= 0.3 is 0 Å².